The van der Waals surface area contributed by atoms with E-state index in [1.165, 1.54) is 24.3 Å². The highest BCUT2D eigenvalue weighted by molar-refractivity contribution is 6.30. The number of hydrogen-bond acceptors (Lipinski definition) is 4. The summed E-state index contributed by atoms with van der Waals surface area (Å²) in [5.74, 6) is -1.44. The monoisotopic (exact) mass is 448 g/mol. The fourth-order valence-electron chi connectivity index (χ4n) is 3.79. The lowest BCUT2D eigenvalue weighted by Gasteiger charge is -2.23. The van der Waals surface area contributed by atoms with Crippen LogP contribution >= 0.6 is 11.6 Å². The minimum atomic E-state index is -0.700. The molecule has 0 aliphatic carbocycles. The van der Waals surface area contributed by atoms with Crippen molar-refractivity contribution in [3.8, 4) is 5.75 Å². The number of carbonyl (C=O) groups excluding carboxylic acids is 1. The van der Waals surface area contributed by atoms with Gasteiger partial charge in [0, 0.05) is 24.8 Å². The van der Waals surface area contributed by atoms with E-state index in [4.69, 9.17) is 16.3 Å². The summed E-state index contributed by atoms with van der Waals surface area (Å²) < 4.78 is 35.1. The van der Waals surface area contributed by atoms with Crippen molar-refractivity contribution in [3.05, 3.63) is 64.1 Å². The maximum atomic E-state index is 13.9. The fourth-order valence-corrected chi connectivity index (χ4v) is 3.99. The van der Waals surface area contributed by atoms with Gasteiger partial charge in [-0.1, -0.05) is 24.1 Å². The minimum absolute atomic E-state index is 0.193. The third-order valence-corrected chi connectivity index (χ3v) is 5.60. The molecule has 6 nitrogen and oxygen atoms in total. The number of rotatable bonds is 6. The molecule has 3 heterocycles. The summed E-state index contributed by atoms with van der Waals surface area (Å²) in [5.41, 5.74) is 0.995. The van der Waals surface area contributed by atoms with E-state index in [1.807, 2.05) is 0 Å². The summed E-state index contributed by atoms with van der Waals surface area (Å²) in [7, 11) is 0. The van der Waals surface area contributed by atoms with Gasteiger partial charge in [0.1, 0.15) is 23.9 Å². The molecule has 31 heavy (non-hydrogen) atoms. The summed E-state index contributed by atoms with van der Waals surface area (Å²) >= 11 is 6.23. The van der Waals surface area contributed by atoms with Crippen molar-refractivity contribution in [2.45, 2.75) is 38.8 Å². The number of carbonyl (C=O) groups is 1. The van der Waals surface area contributed by atoms with E-state index in [-0.39, 0.29) is 29.9 Å². The van der Waals surface area contributed by atoms with E-state index in [9.17, 15) is 13.6 Å². The van der Waals surface area contributed by atoms with Crippen molar-refractivity contribution in [3.63, 3.8) is 0 Å². The summed E-state index contributed by atoms with van der Waals surface area (Å²) in [6.07, 6.45) is 4.87. The van der Waals surface area contributed by atoms with Crippen molar-refractivity contribution >= 4 is 23.2 Å². The van der Waals surface area contributed by atoms with Gasteiger partial charge in [-0.25, -0.2) is 13.8 Å². The molecule has 2 aromatic heterocycles. The minimum Gasteiger partial charge on any atom is -0.485 e. The molecule has 164 valence electrons. The van der Waals surface area contributed by atoms with E-state index in [0.717, 1.165) is 25.8 Å². The molecule has 1 atom stereocenters. The molecule has 0 radical (unpaired) electrons. The molecule has 1 fully saturated rings. The Morgan fingerprint density at radius 1 is 1.35 bits per heavy atom. The van der Waals surface area contributed by atoms with E-state index in [0.29, 0.717) is 28.6 Å². The second-order valence-corrected chi connectivity index (χ2v) is 8.04. The van der Waals surface area contributed by atoms with Gasteiger partial charge in [-0.3, -0.25) is 9.20 Å². The van der Waals surface area contributed by atoms with Crippen LogP contribution in [0.4, 0.5) is 8.78 Å². The molecule has 1 aromatic carbocycles. The molecule has 0 spiro atoms. The van der Waals surface area contributed by atoms with Crippen LogP contribution in [-0.2, 0) is 6.61 Å². The molecule has 1 saturated heterocycles. The third kappa shape index (κ3) is 4.65. The van der Waals surface area contributed by atoms with E-state index in [1.54, 1.807) is 17.5 Å². The van der Waals surface area contributed by atoms with Crippen molar-refractivity contribution in [1.29, 1.82) is 0 Å². The predicted molar refractivity (Wildman–Crippen MR) is 114 cm³/mol. The maximum absolute atomic E-state index is 13.9. The summed E-state index contributed by atoms with van der Waals surface area (Å²) in [5, 5.41) is 6.65. The maximum Gasteiger partial charge on any atom is 0.270 e. The lowest BCUT2D eigenvalue weighted by Crippen LogP contribution is -2.43. The number of fused-ring (bicyclic) bond motifs is 1. The van der Waals surface area contributed by atoms with Gasteiger partial charge >= 0.3 is 0 Å². The van der Waals surface area contributed by atoms with Crippen molar-refractivity contribution in [1.82, 2.24) is 20.0 Å². The first kappa shape index (κ1) is 21.5. The molecular weight excluding hydrogens is 426 g/mol. The number of nitrogens with zero attached hydrogens (tertiary/aromatic N) is 2. The number of imidazole rings is 1. The molecule has 2 N–H and O–H groups in total. The smallest absolute Gasteiger partial charge is 0.270 e. The number of piperidine rings is 1. The van der Waals surface area contributed by atoms with Gasteiger partial charge in [0.05, 0.1) is 16.3 Å². The van der Waals surface area contributed by atoms with Gasteiger partial charge in [-0.2, -0.15) is 0 Å². The number of aromatic nitrogens is 2. The summed E-state index contributed by atoms with van der Waals surface area (Å²) in [6.45, 7) is 2.85. The number of benzene rings is 1. The van der Waals surface area contributed by atoms with Crippen LogP contribution in [0.15, 0.2) is 30.5 Å². The van der Waals surface area contributed by atoms with Gasteiger partial charge in [-0.05, 0) is 38.4 Å². The molecule has 1 unspecified atom stereocenters. The molecular formula is C22H23ClF2N4O2. The SMILES string of the molecule is Cc1nc2c(OCc3c(F)cccc3F)cc(Cl)cn2c1C(=O)NCC1CCCCN1. The lowest BCUT2D eigenvalue weighted by molar-refractivity contribution is 0.0941. The third-order valence-electron chi connectivity index (χ3n) is 5.40. The quantitative estimate of drug-likeness (QED) is 0.597. The van der Waals surface area contributed by atoms with Crippen LogP contribution < -0.4 is 15.4 Å². The number of aryl methyl sites for hydroxylation is 1. The van der Waals surface area contributed by atoms with Gasteiger partial charge < -0.3 is 15.4 Å². The number of halogens is 3. The van der Waals surface area contributed by atoms with Crippen LogP contribution in [0.2, 0.25) is 5.02 Å². The summed E-state index contributed by atoms with van der Waals surface area (Å²) in [4.78, 5) is 17.3. The number of pyridine rings is 1. The molecule has 1 amide bonds. The molecule has 0 bridgehead atoms. The van der Waals surface area contributed by atoms with E-state index in [2.05, 4.69) is 15.6 Å². The second kappa shape index (κ2) is 9.20. The van der Waals surface area contributed by atoms with Crippen LogP contribution in [0.25, 0.3) is 5.65 Å². The first-order valence-electron chi connectivity index (χ1n) is 10.2. The standard InChI is InChI=1S/C22H23ClF2N4O2/c1-13-20(22(30)27-10-15-5-2-3-8-26-15)29-11-14(23)9-19(21(29)28-13)31-12-16-17(24)6-4-7-18(16)25/h4,6-7,9,11,15,26H,2-3,5,8,10,12H2,1H3,(H,27,30). The molecule has 4 rings (SSSR count). The number of ether oxygens (including phenoxy) is 1. The highest BCUT2D eigenvalue weighted by Crippen LogP contribution is 2.28. The van der Waals surface area contributed by atoms with Crippen LogP contribution in [0.1, 0.15) is 41.0 Å². The van der Waals surface area contributed by atoms with Gasteiger partial charge in [0.2, 0.25) is 0 Å². The van der Waals surface area contributed by atoms with Gasteiger partial charge in [0.25, 0.3) is 5.91 Å². The topological polar surface area (TPSA) is 67.7 Å². The molecule has 1 aliphatic rings. The Morgan fingerprint density at radius 3 is 2.84 bits per heavy atom. The Labute approximate surface area is 183 Å². The Bertz CT molecular complexity index is 1090. The Hall–Kier alpha value is -2.71. The normalized spacial score (nSPS) is 16.5. The number of amides is 1. The van der Waals surface area contributed by atoms with Crippen LogP contribution in [0.3, 0.4) is 0 Å². The van der Waals surface area contributed by atoms with E-state index < -0.39 is 11.6 Å². The van der Waals surface area contributed by atoms with Gasteiger partial charge in [0.15, 0.2) is 11.4 Å². The zero-order chi connectivity index (χ0) is 22.0. The highest BCUT2D eigenvalue weighted by atomic mass is 35.5. The van der Waals surface area contributed by atoms with Crippen molar-refractivity contribution in [2.24, 2.45) is 0 Å². The Balaban J connectivity index is 1.58. The predicted octanol–water partition coefficient (Wildman–Crippen LogP) is 4.03. The van der Waals surface area contributed by atoms with Crippen molar-refractivity contribution in [2.75, 3.05) is 13.1 Å². The average Bonchev–Trinajstić information content (AvgIpc) is 3.08. The largest absolute Gasteiger partial charge is 0.485 e. The van der Waals surface area contributed by atoms with Crippen LogP contribution in [0, 0.1) is 18.6 Å². The lowest BCUT2D eigenvalue weighted by atomic mass is 10.1. The zero-order valence-corrected chi connectivity index (χ0v) is 17.8. The second-order valence-electron chi connectivity index (χ2n) is 7.61. The van der Waals surface area contributed by atoms with Crippen molar-refractivity contribution < 1.29 is 18.3 Å². The average molecular weight is 449 g/mol. The molecule has 0 saturated carbocycles. The van der Waals surface area contributed by atoms with Gasteiger partial charge in [-0.15, -0.1) is 0 Å². The zero-order valence-electron chi connectivity index (χ0n) is 17.1. The highest BCUT2D eigenvalue weighted by Gasteiger charge is 2.22. The number of hydrogen-bond donors (Lipinski definition) is 2. The summed E-state index contributed by atoms with van der Waals surface area (Å²) in [6, 6.07) is 5.38. The Morgan fingerprint density at radius 2 is 2.13 bits per heavy atom. The number of nitrogens with one attached hydrogen (secondary N) is 2. The molecule has 3 aromatic rings. The first-order chi connectivity index (χ1) is 14.9. The fraction of sp³-hybridized carbons (Fsp3) is 0.364. The van der Waals surface area contributed by atoms with Crippen LogP contribution in [-0.4, -0.2) is 34.4 Å². The Kier molecular flexibility index (Phi) is 6.38. The molecule has 9 heteroatoms. The molecule has 1 aliphatic heterocycles. The first-order valence-corrected chi connectivity index (χ1v) is 10.6. The van der Waals surface area contributed by atoms with Crippen LogP contribution in [0.5, 0.6) is 5.75 Å². The van der Waals surface area contributed by atoms with E-state index >= 15 is 0 Å².